The number of hydrogen-bond donors (Lipinski definition) is 1. The highest BCUT2D eigenvalue weighted by Crippen LogP contribution is 2.23. The average molecular weight is 320 g/mol. The Balaban J connectivity index is 1.85. The number of nitrogens with one attached hydrogen (secondary N) is 1. The maximum atomic E-state index is 5.96. The Labute approximate surface area is 142 Å². The van der Waals surface area contributed by atoms with Gasteiger partial charge in [-0.15, -0.1) is 0 Å². The van der Waals surface area contributed by atoms with Crippen molar-refractivity contribution in [1.82, 2.24) is 0 Å². The van der Waals surface area contributed by atoms with Crippen molar-refractivity contribution in [2.24, 2.45) is 0 Å². The summed E-state index contributed by atoms with van der Waals surface area (Å²) < 4.78 is 0. The lowest BCUT2D eigenvalue weighted by Crippen LogP contribution is -2.07. The molecule has 0 bridgehead atoms. The second kappa shape index (κ2) is 7.66. The lowest BCUT2D eigenvalue weighted by Gasteiger charge is -2.17. The first kappa shape index (κ1) is 15.4. The number of hydrogen-bond acceptors (Lipinski definition) is 1. The van der Waals surface area contributed by atoms with Crippen LogP contribution in [0.5, 0.6) is 0 Å². The van der Waals surface area contributed by atoms with Crippen LogP contribution in [0.3, 0.4) is 0 Å². The van der Waals surface area contributed by atoms with Crippen molar-refractivity contribution in [2.45, 2.75) is 6.04 Å². The summed E-state index contributed by atoms with van der Waals surface area (Å²) in [5.74, 6) is 0. The normalized spacial score (nSPS) is 12.2. The molecule has 0 radical (unpaired) electrons. The third-order valence-corrected chi connectivity index (χ3v) is 3.86. The summed E-state index contributed by atoms with van der Waals surface area (Å²) in [6.07, 6.45) is 4.32. The number of halogens is 1. The van der Waals surface area contributed by atoms with E-state index in [9.17, 15) is 0 Å². The molecule has 0 saturated carbocycles. The van der Waals surface area contributed by atoms with Crippen LogP contribution in [0.25, 0.3) is 6.08 Å². The van der Waals surface area contributed by atoms with Gasteiger partial charge in [0, 0.05) is 10.7 Å². The molecule has 1 unspecified atom stereocenters. The molecular formula is C21H18ClN. The Morgan fingerprint density at radius 2 is 1.35 bits per heavy atom. The fourth-order valence-electron chi connectivity index (χ4n) is 2.40. The summed E-state index contributed by atoms with van der Waals surface area (Å²) in [7, 11) is 0. The fraction of sp³-hybridized carbons (Fsp3) is 0.0476. The lowest BCUT2D eigenvalue weighted by molar-refractivity contribution is 0.990. The molecule has 3 aromatic rings. The van der Waals surface area contributed by atoms with E-state index in [1.165, 1.54) is 11.1 Å². The molecule has 114 valence electrons. The summed E-state index contributed by atoms with van der Waals surface area (Å²) in [6, 6.07) is 28.6. The Morgan fingerprint density at radius 3 is 2.00 bits per heavy atom. The summed E-state index contributed by atoms with van der Waals surface area (Å²) in [4.78, 5) is 0. The molecular weight excluding hydrogens is 302 g/mol. The van der Waals surface area contributed by atoms with Crippen molar-refractivity contribution in [1.29, 1.82) is 0 Å². The largest absolute Gasteiger partial charge is 0.375 e. The van der Waals surface area contributed by atoms with E-state index in [1.54, 1.807) is 0 Å². The second-order valence-corrected chi connectivity index (χ2v) is 5.75. The molecule has 23 heavy (non-hydrogen) atoms. The molecule has 3 rings (SSSR count). The van der Waals surface area contributed by atoms with Gasteiger partial charge in [-0.1, -0.05) is 84.4 Å². The summed E-state index contributed by atoms with van der Waals surface area (Å²) in [5, 5.41) is 4.29. The molecule has 0 aliphatic carbocycles. The van der Waals surface area contributed by atoms with E-state index in [0.29, 0.717) is 0 Å². The van der Waals surface area contributed by atoms with Crippen LogP contribution in [-0.2, 0) is 0 Å². The minimum Gasteiger partial charge on any atom is -0.375 e. The summed E-state index contributed by atoms with van der Waals surface area (Å²) in [5.41, 5.74) is 3.45. The van der Waals surface area contributed by atoms with E-state index >= 15 is 0 Å². The highest BCUT2D eigenvalue weighted by Gasteiger charge is 2.07. The van der Waals surface area contributed by atoms with Gasteiger partial charge < -0.3 is 5.32 Å². The highest BCUT2D eigenvalue weighted by atomic mass is 35.5. The molecule has 3 aromatic carbocycles. The van der Waals surface area contributed by atoms with Crippen molar-refractivity contribution in [3.63, 3.8) is 0 Å². The van der Waals surface area contributed by atoms with Gasteiger partial charge in [-0.25, -0.2) is 0 Å². The van der Waals surface area contributed by atoms with E-state index < -0.39 is 0 Å². The van der Waals surface area contributed by atoms with Crippen LogP contribution in [-0.4, -0.2) is 0 Å². The van der Waals surface area contributed by atoms with Gasteiger partial charge in [0.25, 0.3) is 0 Å². The first-order valence-electron chi connectivity index (χ1n) is 7.61. The minimum absolute atomic E-state index is 0.0950. The Hall–Kier alpha value is -2.51. The standard InChI is InChI=1S/C21H18ClN/c22-19-12-14-20(15-13-19)23-21(18-9-5-2-6-10-18)16-11-17-7-3-1-4-8-17/h1-16,21,23H/b16-11+. The zero-order chi connectivity index (χ0) is 15.9. The highest BCUT2D eigenvalue weighted by molar-refractivity contribution is 6.30. The third-order valence-electron chi connectivity index (χ3n) is 3.61. The van der Waals surface area contributed by atoms with Crippen LogP contribution in [0.4, 0.5) is 5.69 Å². The number of anilines is 1. The maximum absolute atomic E-state index is 5.96. The molecule has 0 aliphatic heterocycles. The average Bonchev–Trinajstić information content (AvgIpc) is 2.62. The number of rotatable bonds is 5. The molecule has 0 saturated heterocycles. The molecule has 0 aliphatic rings. The van der Waals surface area contributed by atoms with Gasteiger partial charge in [-0.3, -0.25) is 0 Å². The van der Waals surface area contributed by atoms with Gasteiger partial charge in [0.05, 0.1) is 6.04 Å². The van der Waals surface area contributed by atoms with Crippen LogP contribution < -0.4 is 5.32 Å². The van der Waals surface area contributed by atoms with E-state index in [1.807, 2.05) is 48.5 Å². The first-order valence-corrected chi connectivity index (χ1v) is 7.99. The molecule has 0 spiro atoms. The van der Waals surface area contributed by atoms with Crippen molar-refractivity contribution >= 4 is 23.4 Å². The Morgan fingerprint density at radius 1 is 0.739 bits per heavy atom. The van der Waals surface area contributed by atoms with Crippen molar-refractivity contribution in [3.8, 4) is 0 Å². The second-order valence-electron chi connectivity index (χ2n) is 5.31. The molecule has 0 heterocycles. The van der Waals surface area contributed by atoms with Crippen LogP contribution >= 0.6 is 11.6 Å². The molecule has 0 aromatic heterocycles. The maximum Gasteiger partial charge on any atom is 0.0701 e. The molecule has 1 nitrogen and oxygen atoms in total. The smallest absolute Gasteiger partial charge is 0.0701 e. The zero-order valence-electron chi connectivity index (χ0n) is 12.7. The van der Waals surface area contributed by atoms with Gasteiger partial charge in [0.15, 0.2) is 0 Å². The predicted octanol–water partition coefficient (Wildman–Crippen LogP) is 6.21. The van der Waals surface area contributed by atoms with E-state index in [2.05, 4.69) is 53.9 Å². The first-order chi connectivity index (χ1) is 11.3. The van der Waals surface area contributed by atoms with Gasteiger partial charge in [-0.05, 0) is 35.4 Å². The van der Waals surface area contributed by atoms with E-state index in [0.717, 1.165) is 10.7 Å². The van der Waals surface area contributed by atoms with Gasteiger partial charge >= 0.3 is 0 Å². The minimum atomic E-state index is 0.0950. The fourth-order valence-corrected chi connectivity index (χ4v) is 2.53. The molecule has 2 heteroatoms. The third kappa shape index (κ3) is 4.48. The lowest BCUT2D eigenvalue weighted by atomic mass is 10.0. The summed E-state index contributed by atoms with van der Waals surface area (Å²) in [6.45, 7) is 0. The van der Waals surface area contributed by atoms with Crippen molar-refractivity contribution < 1.29 is 0 Å². The van der Waals surface area contributed by atoms with Gasteiger partial charge in [0.2, 0.25) is 0 Å². The molecule has 0 amide bonds. The van der Waals surface area contributed by atoms with Crippen molar-refractivity contribution in [2.75, 3.05) is 5.32 Å². The predicted molar refractivity (Wildman–Crippen MR) is 99.7 cm³/mol. The van der Waals surface area contributed by atoms with Gasteiger partial charge in [0.1, 0.15) is 0 Å². The zero-order valence-corrected chi connectivity index (χ0v) is 13.4. The summed E-state index contributed by atoms with van der Waals surface area (Å²) >= 11 is 5.96. The Kier molecular flexibility index (Phi) is 5.13. The van der Waals surface area contributed by atoms with E-state index in [4.69, 9.17) is 11.6 Å². The van der Waals surface area contributed by atoms with Crippen LogP contribution in [0.2, 0.25) is 5.02 Å². The quantitative estimate of drug-likeness (QED) is 0.589. The van der Waals surface area contributed by atoms with Crippen LogP contribution in [0.1, 0.15) is 17.2 Å². The molecule has 1 N–H and O–H groups in total. The van der Waals surface area contributed by atoms with Crippen LogP contribution in [0, 0.1) is 0 Å². The monoisotopic (exact) mass is 319 g/mol. The van der Waals surface area contributed by atoms with Gasteiger partial charge in [-0.2, -0.15) is 0 Å². The van der Waals surface area contributed by atoms with Crippen LogP contribution in [0.15, 0.2) is 91.0 Å². The number of benzene rings is 3. The topological polar surface area (TPSA) is 12.0 Å². The van der Waals surface area contributed by atoms with E-state index in [-0.39, 0.29) is 6.04 Å². The van der Waals surface area contributed by atoms with Crippen molar-refractivity contribution in [3.05, 3.63) is 107 Å². The molecule has 0 fully saturated rings. The molecule has 1 atom stereocenters. The Bertz CT molecular complexity index is 749. The SMILES string of the molecule is Clc1ccc(NC(/C=C/c2ccccc2)c2ccccc2)cc1.